The van der Waals surface area contributed by atoms with Crippen LogP contribution in [-0.2, 0) is 6.54 Å². The minimum atomic E-state index is -0.708. The maximum atomic E-state index is 11.2. The van der Waals surface area contributed by atoms with Crippen LogP contribution < -0.4 is 11.3 Å². The number of β-amino-alcohol motifs (C(OH)–C–C–N with tert-alkyl or cyclic N) is 2. The first-order valence-electron chi connectivity index (χ1n) is 5.14. The second kappa shape index (κ2) is 5.07. The van der Waals surface area contributed by atoms with E-state index in [1.807, 2.05) is 10.3 Å². The number of likely N-dealkylation sites (tertiary alicyclic amines) is 1. The molecule has 1 saturated heterocycles. The summed E-state index contributed by atoms with van der Waals surface area (Å²) >= 11 is 1.21. The van der Waals surface area contributed by atoms with E-state index in [4.69, 9.17) is 5.84 Å². The third-order valence-corrected chi connectivity index (χ3v) is 3.49. The fourth-order valence-electron chi connectivity index (χ4n) is 1.75. The van der Waals surface area contributed by atoms with E-state index in [0.29, 0.717) is 24.6 Å². The number of nitrogens with one attached hydrogen (secondary N) is 1. The van der Waals surface area contributed by atoms with E-state index in [1.165, 1.54) is 11.3 Å². The molecule has 2 atom stereocenters. The Morgan fingerprint density at radius 2 is 2.24 bits per heavy atom. The van der Waals surface area contributed by atoms with Gasteiger partial charge < -0.3 is 10.2 Å². The van der Waals surface area contributed by atoms with Crippen LogP contribution in [0.5, 0.6) is 0 Å². The zero-order valence-corrected chi connectivity index (χ0v) is 9.85. The highest BCUT2D eigenvalue weighted by Crippen LogP contribution is 2.16. The van der Waals surface area contributed by atoms with Crippen molar-refractivity contribution >= 4 is 17.2 Å². The van der Waals surface area contributed by atoms with Gasteiger partial charge in [-0.25, -0.2) is 10.8 Å². The van der Waals surface area contributed by atoms with E-state index in [1.54, 1.807) is 5.38 Å². The third kappa shape index (κ3) is 2.79. The van der Waals surface area contributed by atoms with Gasteiger partial charge in [-0.15, -0.1) is 11.3 Å². The molecule has 94 valence electrons. The van der Waals surface area contributed by atoms with E-state index >= 15 is 0 Å². The molecule has 7 nitrogen and oxygen atoms in total. The quantitative estimate of drug-likeness (QED) is 0.292. The van der Waals surface area contributed by atoms with Crippen LogP contribution in [0.15, 0.2) is 5.38 Å². The van der Waals surface area contributed by atoms with Crippen LogP contribution in [0.1, 0.15) is 15.5 Å². The monoisotopic (exact) mass is 258 g/mol. The van der Waals surface area contributed by atoms with Gasteiger partial charge in [0.25, 0.3) is 5.91 Å². The molecule has 0 aliphatic carbocycles. The Morgan fingerprint density at radius 3 is 2.82 bits per heavy atom. The molecule has 1 aromatic rings. The van der Waals surface area contributed by atoms with Gasteiger partial charge in [-0.2, -0.15) is 0 Å². The lowest BCUT2D eigenvalue weighted by atomic mass is 10.3. The largest absolute Gasteiger partial charge is 0.389 e. The minimum absolute atomic E-state index is 0.308. The summed E-state index contributed by atoms with van der Waals surface area (Å²) in [6.07, 6.45) is -1.42. The van der Waals surface area contributed by atoms with Crippen molar-refractivity contribution in [2.75, 3.05) is 13.1 Å². The van der Waals surface area contributed by atoms with Gasteiger partial charge in [-0.3, -0.25) is 15.1 Å². The van der Waals surface area contributed by atoms with Crippen LogP contribution in [-0.4, -0.2) is 51.3 Å². The van der Waals surface area contributed by atoms with Crippen LogP contribution in [0, 0.1) is 0 Å². The van der Waals surface area contributed by atoms with Crippen molar-refractivity contribution in [3.05, 3.63) is 16.1 Å². The molecule has 1 amide bonds. The summed E-state index contributed by atoms with van der Waals surface area (Å²) < 4.78 is 0. The van der Waals surface area contributed by atoms with Crippen molar-refractivity contribution in [3.8, 4) is 0 Å². The van der Waals surface area contributed by atoms with E-state index < -0.39 is 18.1 Å². The molecular formula is C9H14N4O3S. The van der Waals surface area contributed by atoms with Gasteiger partial charge in [0, 0.05) is 25.0 Å². The zero-order chi connectivity index (χ0) is 12.4. The molecule has 2 heterocycles. The Balaban J connectivity index is 1.96. The number of nitrogens with zero attached hydrogens (tertiary/aromatic N) is 2. The fraction of sp³-hybridized carbons (Fsp3) is 0.556. The van der Waals surface area contributed by atoms with Gasteiger partial charge in [0.1, 0.15) is 0 Å². The highest BCUT2D eigenvalue weighted by molar-refractivity contribution is 7.11. The highest BCUT2D eigenvalue weighted by Gasteiger charge is 2.29. The van der Waals surface area contributed by atoms with E-state index in [-0.39, 0.29) is 0 Å². The summed E-state index contributed by atoms with van der Waals surface area (Å²) in [5, 5.41) is 20.8. The molecule has 2 rings (SSSR count). The number of carbonyl (C=O) groups excluding carboxylic acids is 1. The lowest BCUT2D eigenvalue weighted by Gasteiger charge is -2.12. The first-order valence-corrected chi connectivity index (χ1v) is 6.02. The molecule has 0 spiro atoms. The van der Waals surface area contributed by atoms with E-state index in [9.17, 15) is 15.0 Å². The second-order valence-corrected chi connectivity index (χ2v) is 4.80. The maximum Gasteiger partial charge on any atom is 0.294 e. The van der Waals surface area contributed by atoms with Gasteiger partial charge in [-0.05, 0) is 0 Å². The van der Waals surface area contributed by atoms with Gasteiger partial charge in [-0.1, -0.05) is 0 Å². The predicted molar refractivity (Wildman–Crippen MR) is 61.1 cm³/mol. The van der Waals surface area contributed by atoms with Crippen molar-refractivity contribution in [3.63, 3.8) is 0 Å². The summed E-state index contributed by atoms with van der Waals surface area (Å²) in [4.78, 5) is 17.2. The molecule has 1 aliphatic rings. The molecule has 1 aliphatic heterocycles. The molecule has 1 aromatic heterocycles. The smallest absolute Gasteiger partial charge is 0.294 e. The number of thiazole rings is 1. The summed E-state index contributed by atoms with van der Waals surface area (Å²) in [5.74, 6) is 4.59. The topological polar surface area (TPSA) is 112 Å². The Morgan fingerprint density at radius 1 is 1.59 bits per heavy atom. The molecule has 1 fully saturated rings. The molecule has 17 heavy (non-hydrogen) atoms. The molecular weight excluding hydrogens is 244 g/mol. The zero-order valence-electron chi connectivity index (χ0n) is 9.04. The van der Waals surface area contributed by atoms with Crippen LogP contribution in [0.25, 0.3) is 0 Å². The van der Waals surface area contributed by atoms with E-state index in [0.717, 1.165) is 5.69 Å². The lowest BCUT2D eigenvalue weighted by Crippen LogP contribution is -2.30. The number of rotatable bonds is 3. The van der Waals surface area contributed by atoms with Gasteiger partial charge in [0.05, 0.1) is 17.9 Å². The molecule has 5 N–H and O–H groups in total. The first-order chi connectivity index (χ1) is 8.10. The summed E-state index contributed by atoms with van der Waals surface area (Å²) in [5.41, 5.74) is 2.75. The highest BCUT2D eigenvalue weighted by atomic mass is 32.1. The Kier molecular flexibility index (Phi) is 3.69. The summed E-state index contributed by atoms with van der Waals surface area (Å²) in [6, 6.07) is 0. The molecule has 0 radical (unpaired) electrons. The molecule has 0 bridgehead atoms. The van der Waals surface area contributed by atoms with E-state index in [2.05, 4.69) is 4.98 Å². The Bertz CT molecular complexity index is 401. The predicted octanol–water partition coefficient (Wildman–Crippen LogP) is -1.72. The molecule has 0 saturated carbocycles. The number of aliphatic hydroxyl groups excluding tert-OH is 2. The second-order valence-electron chi connectivity index (χ2n) is 3.95. The summed E-state index contributed by atoms with van der Waals surface area (Å²) in [6.45, 7) is 1.33. The van der Waals surface area contributed by atoms with Crippen molar-refractivity contribution < 1.29 is 15.0 Å². The number of aliphatic hydroxyl groups is 2. The SMILES string of the molecule is NNC(=O)c1nc(CN2CC(O)C(O)C2)cs1. The molecule has 8 heteroatoms. The maximum absolute atomic E-state index is 11.2. The van der Waals surface area contributed by atoms with Crippen molar-refractivity contribution in [2.45, 2.75) is 18.8 Å². The van der Waals surface area contributed by atoms with Crippen molar-refractivity contribution in [1.82, 2.24) is 15.3 Å². The summed E-state index contributed by atoms with van der Waals surface area (Å²) in [7, 11) is 0. The fourth-order valence-corrected chi connectivity index (χ4v) is 2.46. The van der Waals surface area contributed by atoms with Gasteiger partial charge in [0.15, 0.2) is 5.01 Å². The molecule has 0 aromatic carbocycles. The average molecular weight is 258 g/mol. The van der Waals surface area contributed by atoms with Crippen molar-refractivity contribution in [1.29, 1.82) is 0 Å². The van der Waals surface area contributed by atoms with Crippen molar-refractivity contribution in [2.24, 2.45) is 5.84 Å². The lowest BCUT2D eigenvalue weighted by molar-refractivity contribution is 0.0572. The Hall–Kier alpha value is -1.06. The number of hydrogen-bond acceptors (Lipinski definition) is 7. The Labute approximate surface area is 102 Å². The number of amides is 1. The van der Waals surface area contributed by atoms with Gasteiger partial charge >= 0.3 is 0 Å². The minimum Gasteiger partial charge on any atom is -0.389 e. The number of aromatic nitrogens is 1. The van der Waals surface area contributed by atoms with Crippen LogP contribution in [0.3, 0.4) is 0 Å². The molecule has 2 unspecified atom stereocenters. The van der Waals surface area contributed by atoms with Crippen LogP contribution in [0.2, 0.25) is 0 Å². The standard InChI is InChI=1S/C9H14N4O3S/c10-12-8(16)9-11-5(4-17-9)1-13-2-6(14)7(15)3-13/h4,6-7,14-15H,1-3,10H2,(H,12,16). The first kappa shape index (κ1) is 12.4. The van der Waals surface area contributed by atoms with Gasteiger partial charge in [0.2, 0.25) is 0 Å². The number of carbonyl (C=O) groups is 1. The normalized spacial score (nSPS) is 25.1. The third-order valence-electron chi connectivity index (χ3n) is 2.60. The number of hydrogen-bond donors (Lipinski definition) is 4. The average Bonchev–Trinajstić information content (AvgIpc) is 2.87. The van der Waals surface area contributed by atoms with Crippen LogP contribution in [0.4, 0.5) is 0 Å². The number of hydrazine groups is 1. The van der Waals surface area contributed by atoms with Crippen LogP contribution >= 0.6 is 11.3 Å². The number of nitrogens with two attached hydrogens (primary N) is 1. The number of nitrogen functional groups attached to an aromatic ring is 1.